The molecule has 1 saturated carbocycles. The van der Waals surface area contributed by atoms with Crippen LogP contribution in [0.15, 0.2) is 60.7 Å². The zero-order valence-electron chi connectivity index (χ0n) is 16.2. The summed E-state index contributed by atoms with van der Waals surface area (Å²) in [6.07, 6.45) is 6.44. The molecule has 0 N–H and O–H groups in total. The molecule has 2 nitrogen and oxygen atoms in total. The van der Waals surface area contributed by atoms with Crippen molar-refractivity contribution < 1.29 is 9.47 Å². The highest BCUT2D eigenvalue weighted by Gasteiger charge is 2.41. The fourth-order valence-corrected chi connectivity index (χ4v) is 5.36. The lowest BCUT2D eigenvalue weighted by molar-refractivity contribution is 0.317. The van der Waals surface area contributed by atoms with Gasteiger partial charge in [-0.2, -0.15) is 0 Å². The molecule has 6 rings (SSSR count). The molecule has 138 valence electrons. The second-order valence-corrected chi connectivity index (χ2v) is 8.72. The third kappa shape index (κ3) is 2.29. The third-order valence-electron chi connectivity index (χ3n) is 6.95. The normalized spacial score (nSPS) is 18.2. The maximum absolute atomic E-state index is 6.44. The molecule has 2 heterocycles. The third-order valence-corrected chi connectivity index (χ3v) is 6.95. The molecule has 3 heteroatoms. The van der Waals surface area contributed by atoms with Crippen LogP contribution in [0.4, 0.5) is 0 Å². The smallest absolute Gasteiger partial charge is 0.260 e. The van der Waals surface area contributed by atoms with E-state index >= 15 is 0 Å². The first-order chi connectivity index (χ1) is 13.7. The maximum Gasteiger partial charge on any atom is 0.260 e. The van der Waals surface area contributed by atoms with Gasteiger partial charge in [0.1, 0.15) is 23.0 Å². The molecule has 2 aliphatic heterocycles. The van der Waals surface area contributed by atoms with Crippen molar-refractivity contribution in [3.8, 4) is 23.0 Å². The Balaban J connectivity index is 1.59. The molecule has 3 aliphatic rings. The molecule has 0 aromatic heterocycles. The van der Waals surface area contributed by atoms with E-state index < -0.39 is 0 Å². The Morgan fingerprint density at radius 3 is 1.82 bits per heavy atom. The van der Waals surface area contributed by atoms with Crippen LogP contribution < -0.4 is 25.9 Å². The Morgan fingerprint density at radius 1 is 0.714 bits per heavy atom. The van der Waals surface area contributed by atoms with E-state index in [1.165, 1.54) is 54.1 Å². The predicted octanol–water partition coefficient (Wildman–Crippen LogP) is 4.64. The zero-order chi connectivity index (χ0) is 18.7. The Labute approximate surface area is 166 Å². The molecule has 1 fully saturated rings. The fourth-order valence-electron chi connectivity index (χ4n) is 5.36. The second-order valence-electron chi connectivity index (χ2n) is 8.72. The summed E-state index contributed by atoms with van der Waals surface area (Å²) in [5.41, 5.74) is 5.20. The average molecular weight is 366 g/mol. The van der Waals surface area contributed by atoms with Gasteiger partial charge in [0.15, 0.2) is 0 Å². The predicted molar refractivity (Wildman–Crippen MR) is 115 cm³/mol. The van der Waals surface area contributed by atoms with Gasteiger partial charge in [-0.25, -0.2) is 0 Å². The van der Waals surface area contributed by atoms with E-state index in [1.807, 2.05) is 0 Å². The van der Waals surface area contributed by atoms with E-state index in [9.17, 15) is 0 Å². The van der Waals surface area contributed by atoms with Crippen molar-refractivity contribution in [3.05, 3.63) is 66.2 Å². The van der Waals surface area contributed by atoms with Crippen molar-refractivity contribution in [1.82, 2.24) is 0 Å². The Morgan fingerprint density at radius 2 is 1.25 bits per heavy atom. The van der Waals surface area contributed by atoms with Crippen LogP contribution >= 0.6 is 0 Å². The number of benzene rings is 3. The van der Waals surface area contributed by atoms with Gasteiger partial charge in [-0.15, -0.1) is 0 Å². The Hall–Kier alpha value is -2.68. The van der Waals surface area contributed by atoms with Crippen molar-refractivity contribution in [3.63, 3.8) is 0 Å². The molecule has 1 aliphatic carbocycles. The van der Waals surface area contributed by atoms with Gasteiger partial charge >= 0.3 is 0 Å². The standard InChI is InChI=1S/C25H23BO2/c1-25(13-7-2-8-14-25)17-15-22-24-23(16-17)28-21-12-6-4-10-19(21)26(24)18-9-3-5-11-20(18)27-22/h3-6,9-12,15-16H,2,7-8,13-14H2,1H3. The summed E-state index contributed by atoms with van der Waals surface area (Å²) < 4.78 is 12.9. The van der Waals surface area contributed by atoms with Gasteiger partial charge in [0, 0.05) is 5.46 Å². The summed E-state index contributed by atoms with van der Waals surface area (Å²) in [5.74, 6) is 3.87. The fraction of sp³-hybridized carbons (Fsp3) is 0.280. The number of hydrogen-bond donors (Lipinski definition) is 0. The van der Waals surface area contributed by atoms with Gasteiger partial charge in [-0.05, 0) is 59.0 Å². The molecule has 0 atom stereocenters. The van der Waals surface area contributed by atoms with Gasteiger partial charge in [-0.1, -0.05) is 62.6 Å². The first kappa shape index (κ1) is 16.3. The first-order valence-corrected chi connectivity index (χ1v) is 10.4. The lowest BCUT2D eigenvalue weighted by Gasteiger charge is -2.38. The van der Waals surface area contributed by atoms with Crippen molar-refractivity contribution in [2.75, 3.05) is 0 Å². The molecule has 0 unspecified atom stereocenters. The zero-order valence-corrected chi connectivity index (χ0v) is 16.2. The van der Waals surface area contributed by atoms with E-state index in [0.29, 0.717) is 0 Å². The molecule has 0 bridgehead atoms. The van der Waals surface area contributed by atoms with Crippen molar-refractivity contribution in [2.24, 2.45) is 0 Å². The lowest BCUT2D eigenvalue weighted by atomic mass is 9.35. The number of rotatable bonds is 1. The van der Waals surface area contributed by atoms with E-state index in [0.717, 1.165) is 23.0 Å². The molecule has 3 aromatic carbocycles. The number of para-hydroxylation sites is 2. The summed E-state index contributed by atoms with van der Waals surface area (Å²) in [6, 6.07) is 21.5. The van der Waals surface area contributed by atoms with Crippen molar-refractivity contribution in [1.29, 1.82) is 0 Å². The second kappa shape index (κ2) is 5.91. The Kier molecular flexibility index (Phi) is 3.44. The molecule has 28 heavy (non-hydrogen) atoms. The van der Waals surface area contributed by atoms with E-state index in [-0.39, 0.29) is 12.1 Å². The van der Waals surface area contributed by atoms with Crippen LogP contribution in [-0.4, -0.2) is 6.71 Å². The van der Waals surface area contributed by atoms with Gasteiger partial charge in [0.2, 0.25) is 0 Å². The molecule has 0 spiro atoms. The summed E-state index contributed by atoms with van der Waals surface area (Å²) in [5, 5.41) is 0. The minimum Gasteiger partial charge on any atom is -0.458 e. The molecule has 0 amide bonds. The van der Waals surface area contributed by atoms with Crippen molar-refractivity contribution >= 4 is 23.1 Å². The van der Waals surface area contributed by atoms with Gasteiger partial charge in [0.25, 0.3) is 6.71 Å². The van der Waals surface area contributed by atoms with Crippen LogP contribution in [0.25, 0.3) is 0 Å². The monoisotopic (exact) mass is 366 g/mol. The summed E-state index contributed by atoms with van der Waals surface area (Å²) in [7, 11) is 0. The van der Waals surface area contributed by atoms with Crippen LogP contribution in [0, 0.1) is 0 Å². The Bertz CT molecular complexity index is 1010. The summed E-state index contributed by atoms with van der Waals surface area (Å²) >= 11 is 0. The minimum absolute atomic E-state index is 0.174. The molecular weight excluding hydrogens is 343 g/mol. The number of hydrogen-bond acceptors (Lipinski definition) is 2. The number of fused-ring (bicyclic) bond motifs is 4. The minimum atomic E-state index is 0.174. The van der Waals surface area contributed by atoms with Crippen LogP contribution in [0.2, 0.25) is 0 Å². The highest BCUT2D eigenvalue weighted by Crippen LogP contribution is 2.43. The van der Waals surface area contributed by atoms with E-state index in [2.05, 4.69) is 67.6 Å². The maximum atomic E-state index is 6.44. The SMILES string of the molecule is CC1(c2cc3c4c(c2)Oc2ccccc2B4c2ccccc2O3)CCCCC1. The largest absolute Gasteiger partial charge is 0.458 e. The quantitative estimate of drug-likeness (QED) is 0.403. The van der Waals surface area contributed by atoms with Gasteiger partial charge in [0.05, 0.1) is 0 Å². The molecule has 0 radical (unpaired) electrons. The van der Waals surface area contributed by atoms with Crippen molar-refractivity contribution in [2.45, 2.75) is 44.4 Å². The van der Waals surface area contributed by atoms with E-state index in [4.69, 9.17) is 9.47 Å². The lowest BCUT2D eigenvalue weighted by Crippen LogP contribution is -2.57. The van der Waals surface area contributed by atoms with Crippen LogP contribution in [0.3, 0.4) is 0 Å². The van der Waals surface area contributed by atoms with Crippen LogP contribution in [0.5, 0.6) is 23.0 Å². The van der Waals surface area contributed by atoms with Crippen LogP contribution in [0.1, 0.15) is 44.6 Å². The molecule has 0 saturated heterocycles. The average Bonchev–Trinajstić information content (AvgIpc) is 2.73. The summed E-state index contributed by atoms with van der Waals surface area (Å²) in [6.45, 7) is 2.58. The van der Waals surface area contributed by atoms with Gasteiger partial charge in [-0.3, -0.25) is 0 Å². The highest BCUT2D eigenvalue weighted by molar-refractivity contribution is 6.98. The van der Waals surface area contributed by atoms with Crippen LogP contribution in [-0.2, 0) is 5.41 Å². The summed E-state index contributed by atoms with van der Waals surface area (Å²) in [4.78, 5) is 0. The molecule has 3 aromatic rings. The topological polar surface area (TPSA) is 18.5 Å². The van der Waals surface area contributed by atoms with E-state index in [1.54, 1.807) is 0 Å². The number of ether oxygens (including phenoxy) is 2. The highest BCUT2D eigenvalue weighted by atomic mass is 16.5. The van der Waals surface area contributed by atoms with Gasteiger partial charge < -0.3 is 9.47 Å². The molecular formula is C25H23BO2. The first-order valence-electron chi connectivity index (χ1n) is 10.4.